The Bertz CT molecular complexity index is 738. The van der Waals surface area contributed by atoms with Gasteiger partial charge >= 0.3 is 6.03 Å². The quantitative estimate of drug-likeness (QED) is 0.779. The highest BCUT2D eigenvalue weighted by Gasteiger charge is 2.48. The van der Waals surface area contributed by atoms with E-state index < -0.39 is 5.91 Å². The first-order chi connectivity index (χ1) is 13.3. The zero-order valence-corrected chi connectivity index (χ0v) is 16.7. The maximum absolute atomic E-state index is 12.6. The van der Waals surface area contributed by atoms with Crippen LogP contribution in [0.3, 0.4) is 0 Å². The van der Waals surface area contributed by atoms with Crippen molar-refractivity contribution < 1.29 is 14.4 Å². The molecule has 1 spiro atoms. The zero-order valence-electron chi connectivity index (χ0n) is 16.7. The van der Waals surface area contributed by atoms with Gasteiger partial charge in [0.15, 0.2) is 0 Å². The van der Waals surface area contributed by atoms with Gasteiger partial charge in [0.2, 0.25) is 11.8 Å². The van der Waals surface area contributed by atoms with Gasteiger partial charge in [0.1, 0.15) is 6.54 Å². The van der Waals surface area contributed by atoms with Crippen LogP contribution in [0.1, 0.15) is 44.1 Å². The highest BCUT2D eigenvalue weighted by atomic mass is 16.2. The number of nitrogens with two attached hydrogens (primary N) is 1. The Hall–Kier alpha value is -2.57. The van der Waals surface area contributed by atoms with Crippen molar-refractivity contribution in [3.05, 3.63) is 35.9 Å². The van der Waals surface area contributed by atoms with Crippen LogP contribution in [0.4, 0.5) is 4.79 Å². The fraction of sp³-hybridized carbons (Fsp3) is 0.571. The molecule has 3 N–H and O–H groups in total. The summed E-state index contributed by atoms with van der Waals surface area (Å²) >= 11 is 0. The van der Waals surface area contributed by atoms with Crippen LogP contribution < -0.4 is 11.1 Å². The molecule has 1 saturated carbocycles. The van der Waals surface area contributed by atoms with E-state index in [1.165, 1.54) is 17.5 Å². The molecule has 1 aromatic rings. The second kappa shape index (κ2) is 8.20. The number of rotatable bonds is 6. The first-order valence-corrected chi connectivity index (χ1v) is 9.98. The Kier molecular flexibility index (Phi) is 5.91. The van der Waals surface area contributed by atoms with Crippen molar-refractivity contribution in [2.24, 2.45) is 11.7 Å². The lowest BCUT2D eigenvalue weighted by molar-refractivity contribution is -0.134. The summed E-state index contributed by atoms with van der Waals surface area (Å²) in [6.45, 7) is 2.56. The molecule has 1 aliphatic carbocycles. The lowest BCUT2D eigenvalue weighted by Gasteiger charge is -2.42. The van der Waals surface area contributed by atoms with E-state index in [0.717, 1.165) is 25.7 Å². The molecule has 7 heteroatoms. The molecule has 7 nitrogen and oxygen atoms in total. The van der Waals surface area contributed by atoms with E-state index >= 15 is 0 Å². The Morgan fingerprint density at radius 3 is 2.68 bits per heavy atom. The molecule has 3 rings (SSSR count). The smallest absolute Gasteiger partial charge is 0.318 e. The van der Waals surface area contributed by atoms with Crippen molar-refractivity contribution >= 4 is 17.8 Å². The summed E-state index contributed by atoms with van der Waals surface area (Å²) in [5.74, 6) is 0.144. The number of carbonyl (C=O) groups is 3. The van der Waals surface area contributed by atoms with Crippen molar-refractivity contribution in [3.8, 4) is 0 Å². The summed E-state index contributed by atoms with van der Waals surface area (Å²) < 4.78 is 0. The van der Waals surface area contributed by atoms with Gasteiger partial charge in [0.25, 0.3) is 0 Å². The maximum atomic E-state index is 12.6. The lowest BCUT2D eigenvalue weighted by atomic mass is 9.67. The number of hydrogen-bond acceptors (Lipinski definition) is 3. The molecule has 0 radical (unpaired) electrons. The summed E-state index contributed by atoms with van der Waals surface area (Å²) in [6.07, 6.45) is 3.97. The summed E-state index contributed by atoms with van der Waals surface area (Å²) in [6, 6.07) is 10.3. The van der Waals surface area contributed by atoms with E-state index in [0.29, 0.717) is 18.4 Å². The van der Waals surface area contributed by atoms with Gasteiger partial charge in [-0.1, -0.05) is 43.7 Å². The van der Waals surface area contributed by atoms with E-state index in [4.69, 9.17) is 5.73 Å². The molecule has 1 aliphatic heterocycles. The number of likely N-dealkylation sites (N-methyl/N-ethyl adjacent to an activating group) is 1. The van der Waals surface area contributed by atoms with Gasteiger partial charge in [0.05, 0.1) is 12.1 Å². The summed E-state index contributed by atoms with van der Waals surface area (Å²) in [7, 11) is 1.52. The van der Waals surface area contributed by atoms with Crippen LogP contribution >= 0.6 is 0 Å². The van der Waals surface area contributed by atoms with Gasteiger partial charge in [-0.25, -0.2) is 4.79 Å². The van der Waals surface area contributed by atoms with E-state index in [1.54, 1.807) is 4.90 Å². The molecule has 4 amide bonds. The minimum absolute atomic E-state index is 0.0371. The van der Waals surface area contributed by atoms with Crippen LogP contribution in [0, 0.1) is 5.92 Å². The number of primary amides is 1. The number of amides is 4. The van der Waals surface area contributed by atoms with Crippen molar-refractivity contribution in [3.63, 3.8) is 0 Å². The monoisotopic (exact) mass is 386 g/mol. The van der Waals surface area contributed by atoms with Crippen molar-refractivity contribution in [1.82, 2.24) is 15.1 Å². The summed E-state index contributed by atoms with van der Waals surface area (Å²) in [4.78, 5) is 38.8. The van der Waals surface area contributed by atoms with Crippen LogP contribution in [0.15, 0.2) is 30.3 Å². The van der Waals surface area contributed by atoms with E-state index in [9.17, 15) is 14.4 Å². The van der Waals surface area contributed by atoms with Crippen molar-refractivity contribution in [2.45, 2.75) is 44.1 Å². The zero-order chi connectivity index (χ0) is 20.3. The molecule has 0 bridgehead atoms. The normalized spacial score (nSPS) is 26.9. The molecular formula is C21H30N4O3. The number of carbonyl (C=O) groups excluding carboxylic acids is 3. The van der Waals surface area contributed by atoms with Gasteiger partial charge in [-0.2, -0.15) is 0 Å². The standard InChI is InChI=1S/C21H30N4O3/c1-3-15-9-10-21(11-17(15)16-7-5-4-6-8-16)14-25(20(28)23-21)13-19(27)24(2)12-18(22)26/h4-8,15,17H,3,9-14H2,1-2H3,(H2,22,26)(H,23,28)/t15-,17?,21+/m1/s1. The van der Waals surface area contributed by atoms with Crippen LogP contribution in [-0.2, 0) is 9.59 Å². The molecule has 0 aromatic heterocycles. The average Bonchev–Trinajstić information content (AvgIpc) is 2.96. The Labute approximate surface area is 166 Å². The van der Waals surface area contributed by atoms with Crippen LogP contribution in [0.25, 0.3) is 0 Å². The maximum Gasteiger partial charge on any atom is 0.318 e. The van der Waals surface area contributed by atoms with Crippen LogP contribution in [0.5, 0.6) is 0 Å². The third kappa shape index (κ3) is 4.29. The Balaban J connectivity index is 1.70. The second-order valence-electron chi connectivity index (χ2n) is 8.21. The summed E-state index contributed by atoms with van der Waals surface area (Å²) in [5, 5.41) is 3.17. The second-order valence-corrected chi connectivity index (χ2v) is 8.21. The third-order valence-corrected chi connectivity index (χ3v) is 6.22. The number of nitrogens with one attached hydrogen (secondary N) is 1. The number of nitrogens with zero attached hydrogens (tertiary/aromatic N) is 2. The van der Waals surface area contributed by atoms with Gasteiger partial charge in [0, 0.05) is 13.6 Å². The Morgan fingerprint density at radius 2 is 2.04 bits per heavy atom. The summed E-state index contributed by atoms with van der Waals surface area (Å²) in [5.41, 5.74) is 6.17. The fourth-order valence-electron chi connectivity index (χ4n) is 4.70. The number of benzene rings is 1. The number of urea groups is 1. The minimum atomic E-state index is -0.568. The molecule has 1 aromatic carbocycles. The van der Waals surface area contributed by atoms with Crippen molar-refractivity contribution in [1.29, 1.82) is 0 Å². The van der Waals surface area contributed by atoms with Gasteiger partial charge in [-0.15, -0.1) is 0 Å². The predicted molar refractivity (Wildman–Crippen MR) is 106 cm³/mol. The average molecular weight is 386 g/mol. The van der Waals surface area contributed by atoms with Gasteiger partial charge in [-0.05, 0) is 36.7 Å². The molecule has 2 aliphatic rings. The van der Waals surface area contributed by atoms with E-state index in [1.807, 2.05) is 6.07 Å². The molecule has 2 fully saturated rings. The van der Waals surface area contributed by atoms with Gasteiger partial charge < -0.3 is 20.9 Å². The highest BCUT2D eigenvalue weighted by Crippen LogP contribution is 2.45. The number of hydrogen-bond donors (Lipinski definition) is 2. The molecule has 3 atom stereocenters. The van der Waals surface area contributed by atoms with E-state index in [-0.39, 0.29) is 30.6 Å². The molecule has 1 unspecified atom stereocenters. The fourth-order valence-corrected chi connectivity index (χ4v) is 4.70. The molecular weight excluding hydrogens is 356 g/mol. The first-order valence-electron chi connectivity index (χ1n) is 9.98. The van der Waals surface area contributed by atoms with Crippen LogP contribution in [-0.4, -0.2) is 59.9 Å². The van der Waals surface area contributed by atoms with Crippen LogP contribution in [0.2, 0.25) is 0 Å². The topological polar surface area (TPSA) is 95.7 Å². The first kappa shape index (κ1) is 20.2. The van der Waals surface area contributed by atoms with E-state index in [2.05, 4.69) is 36.5 Å². The molecule has 28 heavy (non-hydrogen) atoms. The SMILES string of the molecule is CC[C@@H]1CC[C@]2(CC1c1ccccc1)CN(CC(=O)N(C)CC(N)=O)C(=O)N2. The molecule has 1 heterocycles. The van der Waals surface area contributed by atoms with Gasteiger partial charge in [-0.3, -0.25) is 9.59 Å². The molecule has 152 valence electrons. The largest absolute Gasteiger partial charge is 0.368 e. The minimum Gasteiger partial charge on any atom is -0.368 e. The lowest BCUT2D eigenvalue weighted by Crippen LogP contribution is -2.48. The molecule has 1 saturated heterocycles. The Morgan fingerprint density at radius 1 is 1.32 bits per heavy atom. The third-order valence-electron chi connectivity index (χ3n) is 6.22. The highest BCUT2D eigenvalue weighted by molar-refractivity contribution is 5.88. The van der Waals surface area contributed by atoms with Crippen molar-refractivity contribution in [2.75, 3.05) is 26.7 Å². The predicted octanol–water partition coefficient (Wildman–Crippen LogP) is 1.69.